The highest BCUT2D eigenvalue weighted by Gasteiger charge is 2.31. The Morgan fingerprint density at radius 2 is 1.78 bits per heavy atom. The van der Waals surface area contributed by atoms with Crippen LogP contribution in [0.3, 0.4) is 0 Å². The lowest BCUT2D eigenvalue weighted by atomic mass is 10.0. The number of fused-ring (bicyclic) bond motifs is 1. The second-order valence-corrected chi connectivity index (χ2v) is 13.9. The Morgan fingerprint density at radius 3 is 2.49 bits per heavy atom. The molecule has 49 heavy (non-hydrogen) atoms. The first-order chi connectivity index (χ1) is 23.6. The number of rotatable bonds is 11. The van der Waals surface area contributed by atoms with Gasteiger partial charge in [-0.15, -0.1) is 0 Å². The number of methoxy groups -OCH3 is 1. The molecule has 4 heterocycles. The van der Waals surface area contributed by atoms with E-state index in [2.05, 4.69) is 80.6 Å². The van der Waals surface area contributed by atoms with Gasteiger partial charge in [0, 0.05) is 86.3 Å². The lowest BCUT2D eigenvalue weighted by Gasteiger charge is -2.46. The van der Waals surface area contributed by atoms with Gasteiger partial charge in [-0.1, -0.05) is 24.8 Å². The topological polar surface area (TPSA) is 100 Å². The number of nitrogens with zero attached hydrogens (tertiary/aromatic N) is 6. The molecule has 2 aromatic heterocycles. The Labute approximate surface area is 289 Å². The number of hydrogen-bond donors (Lipinski definition) is 2. The summed E-state index contributed by atoms with van der Waals surface area (Å²) >= 11 is 0. The van der Waals surface area contributed by atoms with Gasteiger partial charge in [0.25, 0.3) is 0 Å². The molecule has 4 aromatic rings. The number of carbonyl (C=O) groups is 1. The van der Waals surface area contributed by atoms with Crippen molar-refractivity contribution in [3.8, 4) is 22.8 Å². The van der Waals surface area contributed by atoms with Crippen molar-refractivity contribution in [3.63, 3.8) is 0 Å². The highest BCUT2D eigenvalue weighted by Crippen LogP contribution is 2.38. The molecule has 0 radical (unpaired) electrons. The monoisotopic (exact) mass is 666 g/mol. The number of piperidine rings is 1. The Balaban J connectivity index is 1.10. The molecule has 11 heteroatoms. The van der Waals surface area contributed by atoms with Crippen LogP contribution in [0.4, 0.5) is 17.3 Å². The molecule has 0 unspecified atom stereocenters. The minimum absolute atomic E-state index is 0.240. The Hall–Kier alpha value is -4.45. The molecule has 1 amide bonds. The number of ether oxygens (including phenoxy) is 2. The van der Waals surface area contributed by atoms with Gasteiger partial charge in [0.15, 0.2) is 0 Å². The summed E-state index contributed by atoms with van der Waals surface area (Å²) in [6, 6.07) is 14.4. The average molecular weight is 667 g/mol. The van der Waals surface area contributed by atoms with E-state index in [1.165, 1.54) is 18.9 Å². The molecule has 260 valence electrons. The first-order valence-corrected chi connectivity index (χ1v) is 17.3. The van der Waals surface area contributed by atoms with Crippen molar-refractivity contribution >= 4 is 34.1 Å². The SMILES string of the molecule is C=CC(=O)Nc1cc(Nc2nccc(-c3cn(C)c4ccccc34)n2)c(OC)cc1OCCN1CCC(N2CCN(C(C)(C)C)CC2)CC1. The first kappa shape index (κ1) is 34.4. The fourth-order valence-corrected chi connectivity index (χ4v) is 7.01. The minimum atomic E-state index is -0.333. The van der Waals surface area contributed by atoms with Crippen molar-refractivity contribution in [1.82, 2.24) is 29.2 Å². The predicted molar refractivity (Wildman–Crippen MR) is 197 cm³/mol. The summed E-state index contributed by atoms with van der Waals surface area (Å²) in [6.45, 7) is 18.5. The van der Waals surface area contributed by atoms with Gasteiger partial charge in [-0.3, -0.25) is 19.5 Å². The number of benzene rings is 2. The van der Waals surface area contributed by atoms with Crippen LogP contribution in [0.25, 0.3) is 22.2 Å². The quantitative estimate of drug-likeness (QED) is 0.193. The van der Waals surface area contributed by atoms with Crippen LogP contribution in [0, 0.1) is 0 Å². The molecular formula is C38H50N8O3. The Bertz CT molecular complexity index is 1760. The van der Waals surface area contributed by atoms with E-state index in [0.717, 1.165) is 68.0 Å². The molecule has 11 nitrogen and oxygen atoms in total. The molecule has 0 bridgehead atoms. The molecule has 0 saturated carbocycles. The number of amides is 1. The summed E-state index contributed by atoms with van der Waals surface area (Å²) in [5.41, 5.74) is 4.27. The second kappa shape index (κ2) is 15.0. The lowest BCUT2D eigenvalue weighted by molar-refractivity contribution is -0.111. The molecule has 2 aliphatic heterocycles. The molecular weight excluding hydrogens is 616 g/mol. The molecule has 2 aromatic carbocycles. The number of nitrogens with one attached hydrogen (secondary N) is 2. The van der Waals surface area contributed by atoms with E-state index in [4.69, 9.17) is 14.5 Å². The number of aryl methyl sites for hydroxylation is 1. The zero-order valence-corrected chi connectivity index (χ0v) is 29.5. The fraction of sp³-hybridized carbons (Fsp3) is 0.447. The van der Waals surface area contributed by atoms with Gasteiger partial charge in [0.05, 0.1) is 24.2 Å². The highest BCUT2D eigenvalue weighted by molar-refractivity contribution is 6.00. The average Bonchev–Trinajstić information content (AvgIpc) is 3.45. The molecule has 2 N–H and O–H groups in total. The van der Waals surface area contributed by atoms with E-state index >= 15 is 0 Å². The minimum Gasteiger partial charge on any atom is -0.494 e. The van der Waals surface area contributed by atoms with Crippen LogP contribution in [0.15, 0.2) is 67.5 Å². The predicted octanol–water partition coefficient (Wildman–Crippen LogP) is 5.77. The van der Waals surface area contributed by atoms with Crippen molar-refractivity contribution < 1.29 is 14.3 Å². The standard InChI is InChI=1S/C38H50N8O3/c1-7-36(47)40-32-24-31(42-37-39-15-12-30(41-37)29-26-43(5)33-11-9-8-10-28(29)33)34(48-6)25-35(32)49-23-22-44-16-13-27(14-17-44)45-18-20-46(21-19-45)38(2,3)4/h7-12,15,24-27H,1,13-14,16-23H2,2-6H3,(H,40,47)(H,39,41,42). The van der Waals surface area contributed by atoms with Crippen molar-refractivity contribution in [2.45, 2.75) is 45.2 Å². The fourth-order valence-electron chi connectivity index (χ4n) is 7.01. The van der Waals surface area contributed by atoms with Gasteiger partial charge in [-0.25, -0.2) is 9.97 Å². The second-order valence-electron chi connectivity index (χ2n) is 13.9. The summed E-state index contributed by atoms with van der Waals surface area (Å²) in [5.74, 6) is 1.13. The number of piperazine rings is 1. The number of carbonyl (C=O) groups excluding carboxylic acids is 1. The highest BCUT2D eigenvalue weighted by atomic mass is 16.5. The van der Waals surface area contributed by atoms with Crippen LogP contribution in [-0.4, -0.2) is 106 Å². The zero-order chi connectivity index (χ0) is 34.5. The van der Waals surface area contributed by atoms with E-state index in [9.17, 15) is 4.79 Å². The molecule has 0 aliphatic carbocycles. The molecule has 6 rings (SSSR count). The largest absolute Gasteiger partial charge is 0.494 e. The normalized spacial score (nSPS) is 16.8. The van der Waals surface area contributed by atoms with Crippen molar-refractivity contribution in [1.29, 1.82) is 0 Å². The van der Waals surface area contributed by atoms with Crippen molar-refractivity contribution in [2.24, 2.45) is 7.05 Å². The van der Waals surface area contributed by atoms with E-state index < -0.39 is 0 Å². The number of anilines is 3. The molecule has 2 fully saturated rings. The van der Waals surface area contributed by atoms with Crippen LogP contribution in [0.5, 0.6) is 11.5 Å². The van der Waals surface area contributed by atoms with Crippen molar-refractivity contribution in [3.05, 3.63) is 67.5 Å². The van der Waals surface area contributed by atoms with Crippen LogP contribution in [-0.2, 0) is 11.8 Å². The number of hydrogen-bond acceptors (Lipinski definition) is 9. The van der Waals surface area contributed by atoms with Crippen LogP contribution in [0.1, 0.15) is 33.6 Å². The molecule has 0 atom stereocenters. The molecule has 2 saturated heterocycles. The number of likely N-dealkylation sites (tertiary alicyclic amines) is 1. The third-order valence-corrected chi connectivity index (χ3v) is 9.82. The van der Waals surface area contributed by atoms with Crippen LogP contribution in [0.2, 0.25) is 0 Å². The zero-order valence-electron chi connectivity index (χ0n) is 29.5. The molecule has 2 aliphatic rings. The van der Waals surface area contributed by atoms with Gasteiger partial charge in [-0.05, 0) is 71.0 Å². The van der Waals surface area contributed by atoms with Crippen LogP contribution >= 0.6 is 0 Å². The molecule has 0 spiro atoms. The first-order valence-electron chi connectivity index (χ1n) is 17.3. The summed E-state index contributed by atoms with van der Waals surface area (Å²) in [5, 5.41) is 7.30. The van der Waals surface area contributed by atoms with E-state index in [1.807, 2.05) is 25.2 Å². The number of aromatic nitrogens is 3. The Morgan fingerprint density at radius 1 is 1.02 bits per heavy atom. The third-order valence-electron chi connectivity index (χ3n) is 9.82. The van der Waals surface area contributed by atoms with E-state index in [0.29, 0.717) is 41.5 Å². The van der Waals surface area contributed by atoms with E-state index in [-0.39, 0.29) is 11.4 Å². The van der Waals surface area contributed by atoms with Gasteiger partial charge in [-0.2, -0.15) is 0 Å². The summed E-state index contributed by atoms with van der Waals surface area (Å²) in [6.07, 6.45) is 7.39. The van der Waals surface area contributed by atoms with Gasteiger partial charge in [0.1, 0.15) is 18.1 Å². The Kier molecular flexibility index (Phi) is 10.5. The van der Waals surface area contributed by atoms with Crippen LogP contribution < -0.4 is 20.1 Å². The van der Waals surface area contributed by atoms with Gasteiger partial charge in [0.2, 0.25) is 11.9 Å². The van der Waals surface area contributed by atoms with Crippen molar-refractivity contribution in [2.75, 3.05) is 70.2 Å². The van der Waals surface area contributed by atoms with E-state index in [1.54, 1.807) is 25.4 Å². The summed E-state index contributed by atoms with van der Waals surface area (Å²) in [7, 11) is 3.63. The maximum atomic E-state index is 12.4. The third kappa shape index (κ3) is 8.07. The van der Waals surface area contributed by atoms with Gasteiger partial charge < -0.3 is 24.7 Å². The number of para-hydroxylation sites is 1. The summed E-state index contributed by atoms with van der Waals surface area (Å²) in [4.78, 5) is 29.5. The smallest absolute Gasteiger partial charge is 0.247 e. The van der Waals surface area contributed by atoms with Gasteiger partial charge >= 0.3 is 0 Å². The maximum absolute atomic E-state index is 12.4. The summed E-state index contributed by atoms with van der Waals surface area (Å²) < 4.78 is 14.1. The maximum Gasteiger partial charge on any atom is 0.247 e. The lowest BCUT2D eigenvalue weighted by Crippen LogP contribution is -2.57.